The van der Waals surface area contributed by atoms with Crippen LogP contribution in [0.2, 0.25) is 0 Å². The SMILES string of the molecule is CCCCOCCOCCOCCOCCOCCO[C@@H]1Cc2ccccc2[C@@H]1N. The van der Waals surface area contributed by atoms with E-state index in [1.165, 1.54) is 11.1 Å². The fourth-order valence-electron chi connectivity index (χ4n) is 3.24. The van der Waals surface area contributed by atoms with Crippen LogP contribution in [-0.2, 0) is 34.8 Å². The van der Waals surface area contributed by atoms with Gasteiger partial charge in [-0.1, -0.05) is 37.6 Å². The number of fused-ring (bicyclic) bond motifs is 1. The van der Waals surface area contributed by atoms with Crippen molar-refractivity contribution in [2.45, 2.75) is 38.3 Å². The normalized spacial score (nSPS) is 18.1. The van der Waals surface area contributed by atoms with Crippen LogP contribution in [0.3, 0.4) is 0 Å². The van der Waals surface area contributed by atoms with E-state index in [1.54, 1.807) is 0 Å². The zero-order chi connectivity index (χ0) is 21.3. The summed E-state index contributed by atoms with van der Waals surface area (Å²) >= 11 is 0. The molecule has 2 N–H and O–H groups in total. The van der Waals surface area contributed by atoms with Gasteiger partial charge in [-0.25, -0.2) is 0 Å². The molecule has 0 aliphatic heterocycles. The molecular formula is C23H39NO6. The summed E-state index contributed by atoms with van der Waals surface area (Å²) in [6.07, 6.45) is 3.17. The van der Waals surface area contributed by atoms with Crippen LogP contribution < -0.4 is 5.73 Å². The first-order chi connectivity index (χ1) is 14.8. The fraction of sp³-hybridized carbons (Fsp3) is 0.739. The lowest BCUT2D eigenvalue weighted by Gasteiger charge is -2.17. The van der Waals surface area contributed by atoms with Crippen molar-refractivity contribution in [2.75, 3.05) is 72.7 Å². The zero-order valence-corrected chi connectivity index (χ0v) is 18.4. The molecule has 0 amide bonds. The molecule has 1 aliphatic carbocycles. The average molecular weight is 426 g/mol. The van der Waals surface area contributed by atoms with Crippen molar-refractivity contribution in [1.82, 2.24) is 0 Å². The maximum absolute atomic E-state index is 6.26. The average Bonchev–Trinajstić information content (AvgIpc) is 3.08. The number of ether oxygens (including phenoxy) is 6. The summed E-state index contributed by atoms with van der Waals surface area (Å²) in [7, 11) is 0. The van der Waals surface area contributed by atoms with Crippen LogP contribution in [0.1, 0.15) is 36.9 Å². The van der Waals surface area contributed by atoms with E-state index in [0.717, 1.165) is 25.9 Å². The molecule has 172 valence electrons. The molecular weight excluding hydrogens is 386 g/mol. The van der Waals surface area contributed by atoms with Crippen LogP contribution in [0.25, 0.3) is 0 Å². The van der Waals surface area contributed by atoms with Gasteiger partial charge in [0, 0.05) is 13.0 Å². The number of hydrogen-bond donors (Lipinski definition) is 1. The molecule has 0 saturated carbocycles. The predicted octanol–water partition coefficient (Wildman–Crippen LogP) is 2.51. The predicted molar refractivity (Wildman–Crippen MR) is 116 cm³/mol. The standard InChI is InChI=1S/C23H39NO6/c1-2-3-8-25-9-10-26-11-12-27-13-14-28-15-16-29-17-18-30-22-19-20-6-4-5-7-21(20)23(22)24/h4-7,22-23H,2-3,8-19,24H2,1H3/t22-,23+/m1/s1. The minimum Gasteiger partial charge on any atom is -0.379 e. The summed E-state index contributed by atoms with van der Waals surface area (Å²) in [5.41, 5.74) is 8.74. The van der Waals surface area contributed by atoms with E-state index >= 15 is 0 Å². The number of unbranched alkanes of at least 4 members (excludes halogenated alkanes) is 1. The molecule has 2 rings (SSSR count). The van der Waals surface area contributed by atoms with Crippen LogP contribution in [0, 0.1) is 0 Å². The molecule has 30 heavy (non-hydrogen) atoms. The Morgan fingerprint density at radius 2 is 1.23 bits per heavy atom. The summed E-state index contributed by atoms with van der Waals surface area (Å²) in [5, 5.41) is 0. The van der Waals surface area contributed by atoms with Crippen molar-refractivity contribution in [3.63, 3.8) is 0 Å². The molecule has 1 aromatic carbocycles. The Kier molecular flexibility index (Phi) is 14.0. The maximum Gasteiger partial charge on any atom is 0.0809 e. The molecule has 7 nitrogen and oxygen atoms in total. The van der Waals surface area contributed by atoms with Crippen LogP contribution in [0.15, 0.2) is 24.3 Å². The second kappa shape index (κ2) is 16.6. The summed E-state index contributed by atoms with van der Waals surface area (Å²) in [4.78, 5) is 0. The van der Waals surface area contributed by atoms with Gasteiger partial charge >= 0.3 is 0 Å². The van der Waals surface area contributed by atoms with Crippen molar-refractivity contribution in [1.29, 1.82) is 0 Å². The van der Waals surface area contributed by atoms with Gasteiger partial charge in [0.25, 0.3) is 0 Å². The Balaban J connectivity index is 1.28. The lowest BCUT2D eigenvalue weighted by Crippen LogP contribution is -2.26. The molecule has 0 bridgehead atoms. The van der Waals surface area contributed by atoms with Gasteiger partial charge < -0.3 is 34.2 Å². The third-order valence-electron chi connectivity index (χ3n) is 4.93. The Bertz CT molecular complexity index is 544. The molecule has 0 heterocycles. The van der Waals surface area contributed by atoms with Crippen LogP contribution in [-0.4, -0.2) is 78.8 Å². The second-order valence-corrected chi connectivity index (χ2v) is 7.25. The van der Waals surface area contributed by atoms with Gasteiger partial charge in [-0.15, -0.1) is 0 Å². The van der Waals surface area contributed by atoms with Gasteiger partial charge in [0.05, 0.1) is 78.2 Å². The topological polar surface area (TPSA) is 81.4 Å². The quantitative estimate of drug-likeness (QED) is 0.341. The summed E-state index contributed by atoms with van der Waals surface area (Å²) in [6, 6.07) is 8.22. The van der Waals surface area contributed by atoms with Gasteiger partial charge in [0.15, 0.2) is 0 Å². The number of hydrogen-bond acceptors (Lipinski definition) is 7. The van der Waals surface area contributed by atoms with Gasteiger partial charge in [-0.2, -0.15) is 0 Å². The van der Waals surface area contributed by atoms with E-state index in [2.05, 4.69) is 19.1 Å². The van der Waals surface area contributed by atoms with E-state index < -0.39 is 0 Å². The Labute approximate surface area is 181 Å². The van der Waals surface area contributed by atoms with Gasteiger partial charge in [0.1, 0.15) is 0 Å². The first-order valence-electron chi connectivity index (χ1n) is 11.2. The molecule has 0 saturated heterocycles. The molecule has 1 aliphatic rings. The van der Waals surface area contributed by atoms with Crippen LogP contribution in [0.4, 0.5) is 0 Å². The highest BCUT2D eigenvalue weighted by molar-refractivity contribution is 5.36. The Morgan fingerprint density at radius 1 is 0.733 bits per heavy atom. The van der Waals surface area contributed by atoms with Crippen molar-refractivity contribution in [2.24, 2.45) is 5.73 Å². The molecule has 0 spiro atoms. The van der Waals surface area contributed by atoms with Crippen molar-refractivity contribution in [3.05, 3.63) is 35.4 Å². The Hall–Kier alpha value is -1.06. The molecule has 7 heteroatoms. The minimum atomic E-state index is -0.0472. The highest BCUT2D eigenvalue weighted by Gasteiger charge is 2.29. The second-order valence-electron chi connectivity index (χ2n) is 7.25. The fourth-order valence-corrected chi connectivity index (χ4v) is 3.24. The molecule has 0 aromatic heterocycles. The summed E-state index contributed by atoms with van der Waals surface area (Å²) < 4.78 is 33.2. The number of rotatable bonds is 19. The van der Waals surface area contributed by atoms with E-state index in [4.69, 9.17) is 34.2 Å². The molecule has 0 unspecified atom stereocenters. The molecule has 0 radical (unpaired) electrons. The first-order valence-corrected chi connectivity index (χ1v) is 11.2. The lowest BCUT2D eigenvalue weighted by atomic mass is 10.1. The van der Waals surface area contributed by atoms with Gasteiger partial charge in [-0.3, -0.25) is 0 Å². The number of nitrogens with two attached hydrogens (primary N) is 1. The van der Waals surface area contributed by atoms with Crippen molar-refractivity contribution >= 4 is 0 Å². The smallest absolute Gasteiger partial charge is 0.0809 e. The highest BCUT2D eigenvalue weighted by Crippen LogP contribution is 2.31. The van der Waals surface area contributed by atoms with E-state index in [-0.39, 0.29) is 12.1 Å². The monoisotopic (exact) mass is 425 g/mol. The third kappa shape index (κ3) is 10.3. The first kappa shape index (κ1) is 25.2. The van der Waals surface area contributed by atoms with Crippen LogP contribution >= 0.6 is 0 Å². The van der Waals surface area contributed by atoms with Crippen LogP contribution in [0.5, 0.6) is 0 Å². The summed E-state index contributed by atoms with van der Waals surface area (Å²) in [6.45, 7) is 8.65. The largest absolute Gasteiger partial charge is 0.379 e. The van der Waals surface area contributed by atoms with Gasteiger partial charge in [0.2, 0.25) is 0 Å². The minimum absolute atomic E-state index is 0.0389. The molecule has 1 aromatic rings. The number of benzene rings is 1. The zero-order valence-electron chi connectivity index (χ0n) is 18.4. The van der Waals surface area contributed by atoms with Crippen molar-refractivity contribution < 1.29 is 28.4 Å². The van der Waals surface area contributed by atoms with E-state index in [9.17, 15) is 0 Å². The Morgan fingerprint density at radius 3 is 1.77 bits per heavy atom. The molecule has 0 fully saturated rings. The summed E-state index contributed by atoms with van der Waals surface area (Å²) in [5.74, 6) is 0. The lowest BCUT2D eigenvalue weighted by molar-refractivity contribution is -0.0272. The third-order valence-corrected chi connectivity index (χ3v) is 4.93. The van der Waals surface area contributed by atoms with Gasteiger partial charge in [-0.05, 0) is 17.5 Å². The molecule has 2 atom stereocenters. The maximum atomic E-state index is 6.26. The van der Waals surface area contributed by atoms with Crippen molar-refractivity contribution in [3.8, 4) is 0 Å². The highest BCUT2D eigenvalue weighted by atomic mass is 16.6. The van der Waals surface area contributed by atoms with E-state index in [1.807, 2.05) is 12.1 Å². The van der Waals surface area contributed by atoms with E-state index in [0.29, 0.717) is 66.1 Å².